The molecule has 0 radical (unpaired) electrons. The van der Waals surface area contributed by atoms with Crippen LogP contribution in [0.5, 0.6) is 0 Å². The van der Waals surface area contributed by atoms with Gasteiger partial charge in [0.25, 0.3) is 0 Å². The van der Waals surface area contributed by atoms with Crippen LogP contribution in [0.15, 0.2) is 36.5 Å². The van der Waals surface area contributed by atoms with Crippen molar-refractivity contribution in [3.8, 4) is 11.4 Å². The van der Waals surface area contributed by atoms with Crippen LogP contribution in [-0.4, -0.2) is 31.6 Å². The van der Waals surface area contributed by atoms with Crippen LogP contribution in [0.3, 0.4) is 0 Å². The maximum Gasteiger partial charge on any atom is 0.159 e. The lowest BCUT2D eigenvalue weighted by Crippen LogP contribution is -2.06. The summed E-state index contributed by atoms with van der Waals surface area (Å²) in [5.41, 5.74) is 1.34. The van der Waals surface area contributed by atoms with Crippen LogP contribution in [0.4, 0.5) is 4.39 Å². The highest BCUT2D eigenvalue weighted by atomic mass is 32.2. The summed E-state index contributed by atoms with van der Waals surface area (Å²) in [6.45, 7) is -0.109. The number of hydrogen-bond acceptors (Lipinski definition) is 4. The van der Waals surface area contributed by atoms with E-state index in [-0.39, 0.29) is 23.9 Å². The van der Waals surface area contributed by atoms with Crippen LogP contribution in [0.25, 0.3) is 11.4 Å². The molecule has 1 heterocycles. The second-order valence-corrected chi connectivity index (χ2v) is 5.47. The van der Waals surface area contributed by atoms with E-state index in [9.17, 15) is 8.60 Å². The first kappa shape index (κ1) is 13.8. The summed E-state index contributed by atoms with van der Waals surface area (Å²) in [7, 11) is -1.14. The average Bonchev–Trinajstić information content (AvgIpc) is 2.40. The third-order valence-electron chi connectivity index (χ3n) is 2.44. The third kappa shape index (κ3) is 3.90. The molecule has 100 valence electrons. The SMILES string of the molecule is O=[S@](CCO)Cc1ccnc(-c2ccc(F)cc2)n1. The van der Waals surface area contributed by atoms with Gasteiger partial charge in [0.1, 0.15) is 5.82 Å². The lowest BCUT2D eigenvalue weighted by Gasteiger charge is -2.03. The van der Waals surface area contributed by atoms with E-state index >= 15 is 0 Å². The molecule has 0 aliphatic rings. The Morgan fingerprint density at radius 3 is 2.63 bits per heavy atom. The molecule has 0 spiro atoms. The van der Waals surface area contributed by atoms with Crippen LogP contribution in [-0.2, 0) is 16.6 Å². The van der Waals surface area contributed by atoms with Crippen molar-refractivity contribution in [1.82, 2.24) is 9.97 Å². The van der Waals surface area contributed by atoms with E-state index in [0.717, 1.165) is 0 Å². The van der Waals surface area contributed by atoms with Gasteiger partial charge in [-0.3, -0.25) is 4.21 Å². The Kier molecular flexibility index (Phi) is 4.70. The Bertz CT molecular complexity index is 575. The Morgan fingerprint density at radius 1 is 1.21 bits per heavy atom. The van der Waals surface area contributed by atoms with Crippen LogP contribution in [0.1, 0.15) is 5.69 Å². The fourth-order valence-corrected chi connectivity index (χ4v) is 2.39. The molecule has 0 saturated carbocycles. The van der Waals surface area contributed by atoms with E-state index in [1.807, 2.05) is 0 Å². The van der Waals surface area contributed by atoms with E-state index in [2.05, 4.69) is 9.97 Å². The maximum absolute atomic E-state index is 12.8. The van der Waals surface area contributed by atoms with Gasteiger partial charge in [-0.2, -0.15) is 0 Å². The number of aliphatic hydroxyl groups excluding tert-OH is 1. The van der Waals surface area contributed by atoms with Crippen molar-refractivity contribution in [2.24, 2.45) is 0 Å². The van der Waals surface area contributed by atoms with Crippen molar-refractivity contribution >= 4 is 10.8 Å². The molecule has 2 rings (SSSR count). The third-order valence-corrected chi connectivity index (χ3v) is 3.70. The smallest absolute Gasteiger partial charge is 0.159 e. The fourth-order valence-electron chi connectivity index (χ4n) is 1.55. The first-order valence-electron chi connectivity index (χ1n) is 5.73. The number of hydrogen-bond donors (Lipinski definition) is 1. The van der Waals surface area contributed by atoms with Crippen molar-refractivity contribution in [2.75, 3.05) is 12.4 Å². The first-order valence-corrected chi connectivity index (χ1v) is 7.21. The standard InChI is InChI=1S/C13H13FN2O2S/c14-11-3-1-10(2-4-11)13-15-6-5-12(16-13)9-19(18)8-7-17/h1-6,17H,7-9H2/t19-/m1/s1. The second kappa shape index (κ2) is 6.49. The zero-order chi connectivity index (χ0) is 13.7. The monoisotopic (exact) mass is 280 g/mol. The lowest BCUT2D eigenvalue weighted by atomic mass is 10.2. The van der Waals surface area contributed by atoms with Gasteiger partial charge in [-0.05, 0) is 30.3 Å². The number of nitrogens with zero attached hydrogens (tertiary/aromatic N) is 2. The maximum atomic E-state index is 12.8. The minimum absolute atomic E-state index is 0.109. The zero-order valence-corrected chi connectivity index (χ0v) is 10.9. The molecule has 0 fully saturated rings. The number of rotatable bonds is 5. The molecular formula is C13H13FN2O2S. The molecule has 1 N–H and O–H groups in total. The molecule has 6 heteroatoms. The van der Waals surface area contributed by atoms with E-state index in [1.165, 1.54) is 12.1 Å². The molecule has 4 nitrogen and oxygen atoms in total. The Labute approximate surface area is 112 Å². The summed E-state index contributed by atoms with van der Waals surface area (Å²) < 4.78 is 24.4. The summed E-state index contributed by atoms with van der Waals surface area (Å²) >= 11 is 0. The summed E-state index contributed by atoms with van der Waals surface area (Å²) in [5, 5.41) is 8.71. The van der Waals surface area contributed by atoms with Crippen molar-refractivity contribution in [1.29, 1.82) is 0 Å². The van der Waals surface area contributed by atoms with Gasteiger partial charge in [-0.1, -0.05) is 0 Å². The molecule has 0 saturated heterocycles. The topological polar surface area (TPSA) is 63.1 Å². The van der Waals surface area contributed by atoms with Crippen LogP contribution < -0.4 is 0 Å². The number of aromatic nitrogens is 2. The van der Waals surface area contributed by atoms with Gasteiger partial charge in [-0.25, -0.2) is 14.4 Å². The van der Waals surface area contributed by atoms with E-state index in [4.69, 9.17) is 5.11 Å². The summed E-state index contributed by atoms with van der Waals surface area (Å²) in [6.07, 6.45) is 1.58. The molecule has 1 aromatic carbocycles. The van der Waals surface area contributed by atoms with Crippen LogP contribution in [0.2, 0.25) is 0 Å². The number of benzene rings is 1. The Morgan fingerprint density at radius 2 is 1.95 bits per heavy atom. The van der Waals surface area contributed by atoms with E-state index < -0.39 is 10.8 Å². The van der Waals surface area contributed by atoms with Crippen LogP contribution >= 0.6 is 0 Å². The minimum atomic E-state index is -1.14. The zero-order valence-electron chi connectivity index (χ0n) is 10.1. The number of halogens is 1. The van der Waals surface area contributed by atoms with Gasteiger partial charge in [0.15, 0.2) is 5.82 Å². The molecule has 0 bridgehead atoms. The molecule has 0 aliphatic carbocycles. The summed E-state index contributed by atoms with van der Waals surface area (Å²) in [4.78, 5) is 8.40. The summed E-state index contributed by atoms with van der Waals surface area (Å²) in [5.74, 6) is 0.662. The molecular weight excluding hydrogens is 267 g/mol. The molecule has 19 heavy (non-hydrogen) atoms. The molecule has 1 atom stereocenters. The fraction of sp³-hybridized carbons (Fsp3) is 0.231. The molecule has 0 aliphatic heterocycles. The highest BCUT2D eigenvalue weighted by molar-refractivity contribution is 7.84. The molecule has 0 unspecified atom stereocenters. The van der Waals surface area contributed by atoms with Crippen molar-refractivity contribution < 1.29 is 13.7 Å². The predicted molar refractivity (Wildman–Crippen MR) is 71.2 cm³/mol. The van der Waals surface area contributed by atoms with Crippen LogP contribution in [0, 0.1) is 5.82 Å². The Balaban J connectivity index is 2.19. The molecule has 2 aromatic rings. The minimum Gasteiger partial charge on any atom is -0.395 e. The lowest BCUT2D eigenvalue weighted by molar-refractivity contribution is 0.321. The summed E-state index contributed by atoms with van der Waals surface area (Å²) in [6, 6.07) is 7.56. The molecule has 1 aromatic heterocycles. The van der Waals surface area contributed by atoms with Gasteiger partial charge in [-0.15, -0.1) is 0 Å². The van der Waals surface area contributed by atoms with E-state index in [0.29, 0.717) is 17.1 Å². The van der Waals surface area contributed by atoms with Crippen molar-refractivity contribution in [3.05, 3.63) is 48.0 Å². The highest BCUT2D eigenvalue weighted by Gasteiger charge is 2.06. The van der Waals surface area contributed by atoms with Gasteiger partial charge >= 0.3 is 0 Å². The average molecular weight is 280 g/mol. The predicted octanol–water partition coefficient (Wildman–Crippen LogP) is 1.52. The van der Waals surface area contributed by atoms with E-state index in [1.54, 1.807) is 24.4 Å². The Hall–Kier alpha value is -1.66. The highest BCUT2D eigenvalue weighted by Crippen LogP contribution is 2.15. The van der Waals surface area contributed by atoms with Gasteiger partial charge < -0.3 is 5.11 Å². The molecule has 0 amide bonds. The van der Waals surface area contributed by atoms with Gasteiger partial charge in [0.2, 0.25) is 0 Å². The first-order chi connectivity index (χ1) is 9.19. The van der Waals surface area contributed by atoms with Gasteiger partial charge in [0.05, 0.1) is 18.1 Å². The largest absolute Gasteiger partial charge is 0.395 e. The normalized spacial score (nSPS) is 12.3. The second-order valence-electron chi connectivity index (χ2n) is 3.89. The van der Waals surface area contributed by atoms with Crippen molar-refractivity contribution in [3.63, 3.8) is 0 Å². The number of aliphatic hydroxyl groups is 1. The van der Waals surface area contributed by atoms with Crippen molar-refractivity contribution in [2.45, 2.75) is 5.75 Å². The quantitative estimate of drug-likeness (QED) is 0.902. The van der Waals surface area contributed by atoms with Gasteiger partial charge in [0, 0.05) is 28.3 Å².